The van der Waals surface area contributed by atoms with E-state index in [1.807, 2.05) is 43.9 Å². The molecule has 4 heteroatoms. The van der Waals surface area contributed by atoms with Crippen LogP contribution in [0.1, 0.15) is 29.9 Å². The van der Waals surface area contributed by atoms with Crippen molar-refractivity contribution in [2.75, 3.05) is 13.1 Å². The van der Waals surface area contributed by atoms with Gasteiger partial charge in [0.25, 0.3) is 5.91 Å². The highest BCUT2D eigenvalue weighted by Crippen LogP contribution is 2.28. The average Bonchev–Trinajstić information content (AvgIpc) is 2.68. The van der Waals surface area contributed by atoms with E-state index >= 15 is 0 Å². The van der Waals surface area contributed by atoms with Crippen molar-refractivity contribution in [3.05, 3.63) is 34.5 Å². The van der Waals surface area contributed by atoms with Crippen LogP contribution in [0.4, 0.5) is 0 Å². The number of hydrogen-bond donors (Lipinski definition) is 1. The third-order valence-corrected chi connectivity index (χ3v) is 3.55. The van der Waals surface area contributed by atoms with Gasteiger partial charge in [0.15, 0.2) is 0 Å². The summed E-state index contributed by atoms with van der Waals surface area (Å²) in [6, 6.07) is 5.63. The third-order valence-electron chi connectivity index (χ3n) is 3.23. The van der Waals surface area contributed by atoms with Gasteiger partial charge in [-0.25, -0.2) is 0 Å². The van der Waals surface area contributed by atoms with Gasteiger partial charge in [-0.15, -0.1) is 0 Å². The lowest BCUT2D eigenvalue weighted by atomic mass is 10.1. The smallest absolute Gasteiger partial charge is 0.256 e. The van der Waals surface area contributed by atoms with E-state index in [1.54, 1.807) is 0 Å². The molecule has 0 fully saturated rings. The molecule has 1 heterocycles. The molecule has 0 atom stereocenters. The zero-order chi connectivity index (χ0) is 13.3. The molecule has 0 aliphatic carbocycles. The molecule has 0 saturated heterocycles. The maximum atomic E-state index is 12.5. The molecule has 1 aromatic heterocycles. The van der Waals surface area contributed by atoms with Crippen LogP contribution in [0, 0.1) is 6.92 Å². The summed E-state index contributed by atoms with van der Waals surface area (Å²) in [6.45, 7) is 7.30. The van der Waals surface area contributed by atoms with Crippen LogP contribution in [0.5, 0.6) is 0 Å². The minimum absolute atomic E-state index is 0.0611. The molecule has 3 nitrogen and oxygen atoms in total. The lowest BCUT2D eigenvalue weighted by Gasteiger charge is -2.18. The van der Waals surface area contributed by atoms with Gasteiger partial charge >= 0.3 is 0 Å². The van der Waals surface area contributed by atoms with Crippen molar-refractivity contribution in [1.29, 1.82) is 0 Å². The Bertz CT molecular complexity index is 585. The minimum atomic E-state index is 0.0611. The van der Waals surface area contributed by atoms with Gasteiger partial charge in [-0.3, -0.25) is 4.79 Å². The van der Waals surface area contributed by atoms with Gasteiger partial charge < -0.3 is 9.88 Å². The molecule has 1 aromatic carbocycles. The van der Waals surface area contributed by atoms with Crippen LogP contribution in [0.3, 0.4) is 0 Å². The Morgan fingerprint density at radius 2 is 2.00 bits per heavy atom. The van der Waals surface area contributed by atoms with Gasteiger partial charge in [-0.2, -0.15) is 0 Å². The van der Waals surface area contributed by atoms with Gasteiger partial charge in [0, 0.05) is 24.2 Å². The van der Waals surface area contributed by atoms with E-state index in [9.17, 15) is 4.79 Å². The number of nitrogens with one attached hydrogen (secondary N) is 1. The van der Waals surface area contributed by atoms with Gasteiger partial charge in [0.2, 0.25) is 0 Å². The Hall–Kier alpha value is -1.48. The average molecular weight is 265 g/mol. The topological polar surface area (TPSA) is 36.1 Å². The van der Waals surface area contributed by atoms with E-state index < -0.39 is 0 Å². The summed E-state index contributed by atoms with van der Waals surface area (Å²) in [5, 5.41) is 1.55. The van der Waals surface area contributed by atoms with Crippen molar-refractivity contribution in [1.82, 2.24) is 9.88 Å². The number of para-hydroxylation sites is 1. The van der Waals surface area contributed by atoms with Gasteiger partial charge in [0.1, 0.15) is 0 Å². The molecule has 0 spiro atoms. The molecule has 96 valence electrons. The molecule has 0 radical (unpaired) electrons. The molecule has 0 bridgehead atoms. The number of carbonyl (C=O) groups excluding carboxylic acids is 1. The number of rotatable bonds is 3. The molecule has 0 saturated carbocycles. The fourth-order valence-corrected chi connectivity index (χ4v) is 2.48. The molecule has 0 aliphatic heterocycles. The van der Waals surface area contributed by atoms with Gasteiger partial charge in [-0.1, -0.05) is 23.7 Å². The zero-order valence-corrected chi connectivity index (χ0v) is 11.6. The number of aromatic amines is 1. The summed E-state index contributed by atoms with van der Waals surface area (Å²) in [5.41, 5.74) is 2.44. The molecule has 1 N–H and O–H groups in total. The second-order valence-corrected chi connectivity index (χ2v) is 4.67. The van der Waals surface area contributed by atoms with Crippen molar-refractivity contribution >= 4 is 28.4 Å². The van der Waals surface area contributed by atoms with Crippen molar-refractivity contribution in [2.24, 2.45) is 0 Å². The summed E-state index contributed by atoms with van der Waals surface area (Å²) >= 11 is 6.14. The van der Waals surface area contributed by atoms with Crippen molar-refractivity contribution in [3.8, 4) is 0 Å². The highest BCUT2D eigenvalue weighted by molar-refractivity contribution is 6.35. The summed E-state index contributed by atoms with van der Waals surface area (Å²) in [4.78, 5) is 17.5. The zero-order valence-electron chi connectivity index (χ0n) is 10.9. The van der Waals surface area contributed by atoms with Crippen LogP contribution in [-0.4, -0.2) is 28.9 Å². The molecule has 1 amide bonds. The number of aromatic nitrogens is 1. The van der Waals surface area contributed by atoms with E-state index in [0.29, 0.717) is 18.1 Å². The number of fused-ring (bicyclic) bond motifs is 1. The van der Waals surface area contributed by atoms with E-state index in [-0.39, 0.29) is 5.91 Å². The minimum Gasteiger partial charge on any atom is -0.357 e. The quantitative estimate of drug-likeness (QED) is 0.903. The number of nitrogens with zero attached hydrogens (tertiary/aromatic N) is 1. The highest BCUT2D eigenvalue weighted by atomic mass is 35.5. The van der Waals surface area contributed by atoms with Crippen LogP contribution in [-0.2, 0) is 0 Å². The van der Waals surface area contributed by atoms with E-state index in [1.165, 1.54) is 0 Å². The molecule has 2 aromatic rings. The molecular weight excluding hydrogens is 248 g/mol. The lowest BCUT2D eigenvalue weighted by Crippen LogP contribution is -2.30. The van der Waals surface area contributed by atoms with Crippen LogP contribution in [0.25, 0.3) is 10.9 Å². The first-order valence-electron chi connectivity index (χ1n) is 6.16. The SMILES string of the molecule is CCN(CC)C(=O)c1c(C)[nH]c2c(Cl)cccc12. The predicted molar refractivity (Wildman–Crippen MR) is 75.3 cm³/mol. The lowest BCUT2D eigenvalue weighted by molar-refractivity contribution is 0.0774. The molecular formula is C14H17ClN2O. The van der Waals surface area contributed by atoms with Crippen LogP contribution in [0.2, 0.25) is 5.02 Å². The number of amides is 1. The van der Waals surface area contributed by atoms with Gasteiger partial charge in [-0.05, 0) is 26.8 Å². The normalized spacial score (nSPS) is 10.9. The first-order chi connectivity index (χ1) is 8.60. The first kappa shape index (κ1) is 13.0. The number of carbonyl (C=O) groups is 1. The summed E-state index contributed by atoms with van der Waals surface area (Å²) in [6.07, 6.45) is 0. The number of aryl methyl sites for hydroxylation is 1. The van der Waals surface area contributed by atoms with Crippen LogP contribution < -0.4 is 0 Å². The Kier molecular flexibility index (Phi) is 3.62. The number of benzene rings is 1. The van der Waals surface area contributed by atoms with E-state index in [0.717, 1.165) is 22.2 Å². The van der Waals surface area contributed by atoms with E-state index in [4.69, 9.17) is 11.6 Å². The summed E-state index contributed by atoms with van der Waals surface area (Å²) < 4.78 is 0. The third kappa shape index (κ3) is 1.99. The Balaban J connectivity index is 2.61. The van der Waals surface area contributed by atoms with Gasteiger partial charge in [0.05, 0.1) is 16.1 Å². The molecule has 2 rings (SSSR count). The largest absolute Gasteiger partial charge is 0.357 e. The number of hydrogen-bond acceptors (Lipinski definition) is 1. The van der Waals surface area contributed by atoms with Crippen molar-refractivity contribution < 1.29 is 4.79 Å². The standard InChI is InChI=1S/C14H17ClN2O/c1-4-17(5-2)14(18)12-9(3)16-13-10(12)7-6-8-11(13)15/h6-8,16H,4-5H2,1-3H3. The summed E-state index contributed by atoms with van der Waals surface area (Å²) in [5.74, 6) is 0.0611. The molecule has 18 heavy (non-hydrogen) atoms. The highest BCUT2D eigenvalue weighted by Gasteiger charge is 2.20. The molecule has 0 unspecified atom stereocenters. The van der Waals surface area contributed by atoms with Crippen molar-refractivity contribution in [2.45, 2.75) is 20.8 Å². The van der Waals surface area contributed by atoms with Crippen LogP contribution >= 0.6 is 11.6 Å². The Labute approximate surface area is 112 Å². The number of H-pyrrole nitrogens is 1. The van der Waals surface area contributed by atoms with Crippen molar-refractivity contribution in [3.63, 3.8) is 0 Å². The second kappa shape index (κ2) is 5.02. The second-order valence-electron chi connectivity index (χ2n) is 4.26. The Morgan fingerprint density at radius 1 is 1.33 bits per heavy atom. The Morgan fingerprint density at radius 3 is 2.61 bits per heavy atom. The predicted octanol–water partition coefficient (Wildman–Crippen LogP) is 3.61. The fraction of sp³-hybridized carbons (Fsp3) is 0.357. The fourth-order valence-electron chi connectivity index (χ4n) is 2.26. The summed E-state index contributed by atoms with van der Waals surface area (Å²) in [7, 11) is 0. The van der Waals surface area contributed by atoms with Crippen LogP contribution in [0.15, 0.2) is 18.2 Å². The van der Waals surface area contributed by atoms with E-state index in [2.05, 4.69) is 4.98 Å². The molecule has 0 aliphatic rings. The monoisotopic (exact) mass is 264 g/mol. The maximum absolute atomic E-state index is 12.5. The maximum Gasteiger partial charge on any atom is 0.256 e. The first-order valence-corrected chi connectivity index (χ1v) is 6.54. The number of halogens is 1.